The number of benzene rings is 2. The highest BCUT2D eigenvalue weighted by molar-refractivity contribution is 5.90. The Kier molecular flexibility index (Phi) is 6.19. The number of carbonyl (C=O) groups is 1. The van der Waals surface area contributed by atoms with E-state index in [1.165, 1.54) is 7.11 Å². The lowest BCUT2D eigenvalue weighted by Crippen LogP contribution is -2.06. The molecule has 2 aromatic carbocycles. The van der Waals surface area contributed by atoms with Crippen LogP contribution in [-0.2, 0) is 4.79 Å². The zero-order valence-electron chi connectivity index (χ0n) is 14.4. The summed E-state index contributed by atoms with van der Waals surface area (Å²) in [7, 11) is 3.09. The molecule has 0 N–H and O–H groups in total. The zero-order chi connectivity index (χ0) is 18.2. The molecule has 0 aromatic heterocycles. The van der Waals surface area contributed by atoms with Gasteiger partial charge in [0.25, 0.3) is 0 Å². The van der Waals surface area contributed by atoms with Gasteiger partial charge in [-0.05, 0) is 53.6 Å². The van der Waals surface area contributed by atoms with Crippen molar-refractivity contribution >= 4 is 17.6 Å². The van der Waals surface area contributed by atoms with Crippen LogP contribution in [-0.4, -0.2) is 20.2 Å². The second kappa shape index (κ2) is 8.55. The molecule has 128 valence electrons. The zero-order valence-corrected chi connectivity index (χ0v) is 14.4. The van der Waals surface area contributed by atoms with Crippen molar-refractivity contribution < 1.29 is 19.0 Å². The van der Waals surface area contributed by atoms with Gasteiger partial charge in [0, 0.05) is 6.42 Å². The predicted octanol–water partition coefficient (Wildman–Crippen LogP) is 4.08. The Morgan fingerprint density at radius 1 is 1.08 bits per heavy atom. The van der Waals surface area contributed by atoms with E-state index in [2.05, 4.69) is 6.07 Å². The van der Waals surface area contributed by atoms with E-state index in [0.29, 0.717) is 17.1 Å². The summed E-state index contributed by atoms with van der Waals surface area (Å²) >= 11 is 0. The minimum atomic E-state index is -0.336. The van der Waals surface area contributed by atoms with Crippen LogP contribution in [0.15, 0.2) is 42.5 Å². The number of methoxy groups -OCH3 is 2. The van der Waals surface area contributed by atoms with Crippen molar-refractivity contribution in [2.24, 2.45) is 0 Å². The third kappa shape index (κ3) is 4.61. The maximum Gasteiger partial charge on any atom is 0.311 e. The maximum atomic E-state index is 11.5. The van der Waals surface area contributed by atoms with Crippen molar-refractivity contribution in [1.29, 1.82) is 5.26 Å². The van der Waals surface area contributed by atoms with Crippen LogP contribution in [0.25, 0.3) is 11.6 Å². The van der Waals surface area contributed by atoms with Crippen LogP contribution >= 0.6 is 0 Å². The van der Waals surface area contributed by atoms with E-state index in [9.17, 15) is 10.1 Å². The van der Waals surface area contributed by atoms with E-state index in [0.717, 1.165) is 16.9 Å². The summed E-state index contributed by atoms with van der Waals surface area (Å²) < 4.78 is 15.6. The normalized spacial score (nSPS) is 10.7. The van der Waals surface area contributed by atoms with Crippen molar-refractivity contribution in [1.82, 2.24) is 0 Å². The van der Waals surface area contributed by atoms with Crippen molar-refractivity contribution in [2.75, 3.05) is 14.2 Å². The van der Waals surface area contributed by atoms with Gasteiger partial charge in [-0.25, -0.2) is 0 Å². The lowest BCUT2D eigenvalue weighted by molar-refractivity contribution is -0.134. The Bertz CT molecular complexity index is 817. The van der Waals surface area contributed by atoms with Crippen molar-refractivity contribution in [2.45, 2.75) is 13.3 Å². The van der Waals surface area contributed by atoms with Crippen LogP contribution in [0.2, 0.25) is 0 Å². The predicted molar refractivity (Wildman–Crippen MR) is 95.4 cm³/mol. The molecule has 5 heteroatoms. The average molecular weight is 337 g/mol. The van der Waals surface area contributed by atoms with Gasteiger partial charge in [0.05, 0.1) is 25.9 Å². The van der Waals surface area contributed by atoms with Crippen LogP contribution in [0.4, 0.5) is 0 Å². The second-order valence-corrected chi connectivity index (χ2v) is 5.14. The monoisotopic (exact) mass is 337 g/mol. The number of nitriles is 1. The quantitative estimate of drug-likeness (QED) is 0.344. The molecule has 0 aliphatic rings. The van der Waals surface area contributed by atoms with Crippen molar-refractivity contribution in [3.05, 3.63) is 53.6 Å². The van der Waals surface area contributed by atoms with Gasteiger partial charge >= 0.3 is 5.97 Å². The molecule has 5 nitrogen and oxygen atoms in total. The van der Waals surface area contributed by atoms with Crippen LogP contribution in [0, 0.1) is 11.3 Å². The highest BCUT2D eigenvalue weighted by Gasteiger charge is 2.10. The molecule has 0 atom stereocenters. The molecule has 0 aliphatic heterocycles. The summed E-state index contributed by atoms with van der Waals surface area (Å²) in [5.41, 5.74) is 2.05. The number of rotatable bonds is 6. The molecule has 0 saturated heterocycles. The molecular formula is C20H19NO4. The van der Waals surface area contributed by atoms with E-state index in [1.54, 1.807) is 50.4 Å². The number of hydrogen-bond acceptors (Lipinski definition) is 5. The Hall–Kier alpha value is -3.26. The second-order valence-electron chi connectivity index (χ2n) is 5.14. The molecule has 0 unspecified atom stereocenters. The largest absolute Gasteiger partial charge is 0.497 e. The summed E-state index contributed by atoms with van der Waals surface area (Å²) in [6.07, 6.45) is 2.02. The Morgan fingerprint density at radius 2 is 1.80 bits per heavy atom. The highest BCUT2D eigenvalue weighted by Crippen LogP contribution is 2.30. The standard InChI is InChI=1S/C20H19NO4/c1-4-20(22)25-18-10-5-14(12-19(18)24-3)11-16(13-21)15-6-8-17(23-2)9-7-15/h5-12H,4H2,1-3H3/b16-11-. The number of hydrogen-bond donors (Lipinski definition) is 0. The first kappa shape index (κ1) is 18.1. The molecule has 25 heavy (non-hydrogen) atoms. The van der Waals surface area contributed by atoms with Gasteiger partial charge in [-0.1, -0.05) is 13.0 Å². The molecule has 0 radical (unpaired) electrons. The van der Waals surface area contributed by atoms with Gasteiger partial charge in [0.2, 0.25) is 0 Å². The summed E-state index contributed by atoms with van der Waals surface area (Å²) in [5, 5.41) is 9.45. The molecule has 0 fully saturated rings. The fourth-order valence-corrected chi connectivity index (χ4v) is 2.17. The number of carbonyl (C=O) groups excluding carboxylic acids is 1. The lowest BCUT2D eigenvalue weighted by atomic mass is 10.0. The van der Waals surface area contributed by atoms with Crippen LogP contribution in [0.1, 0.15) is 24.5 Å². The van der Waals surface area contributed by atoms with Gasteiger partial charge in [0.1, 0.15) is 5.75 Å². The minimum Gasteiger partial charge on any atom is -0.497 e. The molecule has 2 rings (SSSR count). The molecule has 0 spiro atoms. The molecule has 0 saturated carbocycles. The maximum absolute atomic E-state index is 11.5. The summed E-state index contributed by atoms with van der Waals surface area (Å²) in [4.78, 5) is 11.5. The fourth-order valence-electron chi connectivity index (χ4n) is 2.17. The summed E-state index contributed by atoms with van der Waals surface area (Å²) in [6.45, 7) is 1.72. The smallest absolute Gasteiger partial charge is 0.311 e. The summed E-state index contributed by atoms with van der Waals surface area (Å²) in [6, 6.07) is 14.6. The highest BCUT2D eigenvalue weighted by atomic mass is 16.6. The SMILES string of the molecule is CCC(=O)Oc1ccc(/C=C(/C#N)c2ccc(OC)cc2)cc1OC. The number of ether oxygens (including phenoxy) is 3. The number of allylic oxidation sites excluding steroid dienone is 1. The first-order valence-electron chi connectivity index (χ1n) is 7.76. The van der Waals surface area contributed by atoms with Crippen LogP contribution in [0.3, 0.4) is 0 Å². The first-order chi connectivity index (χ1) is 12.1. The van der Waals surface area contributed by atoms with E-state index < -0.39 is 0 Å². The average Bonchev–Trinajstić information content (AvgIpc) is 2.67. The van der Waals surface area contributed by atoms with Crippen LogP contribution < -0.4 is 14.2 Å². The number of esters is 1. The molecule has 0 heterocycles. The Balaban J connectivity index is 2.33. The van der Waals surface area contributed by atoms with Crippen molar-refractivity contribution in [3.8, 4) is 23.3 Å². The van der Waals surface area contributed by atoms with Crippen molar-refractivity contribution in [3.63, 3.8) is 0 Å². The first-order valence-corrected chi connectivity index (χ1v) is 7.76. The molecule has 2 aromatic rings. The lowest BCUT2D eigenvalue weighted by Gasteiger charge is -2.09. The van der Waals surface area contributed by atoms with Gasteiger partial charge < -0.3 is 14.2 Å². The van der Waals surface area contributed by atoms with E-state index in [4.69, 9.17) is 14.2 Å². The fraction of sp³-hybridized carbons (Fsp3) is 0.200. The molecular weight excluding hydrogens is 318 g/mol. The van der Waals surface area contributed by atoms with Crippen LogP contribution in [0.5, 0.6) is 17.2 Å². The molecule has 0 bridgehead atoms. The van der Waals surface area contributed by atoms with E-state index in [-0.39, 0.29) is 12.4 Å². The Labute approximate surface area is 147 Å². The number of nitrogens with zero attached hydrogens (tertiary/aromatic N) is 1. The third-order valence-electron chi connectivity index (χ3n) is 3.53. The molecule has 0 aliphatic carbocycles. The van der Waals surface area contributed by atoms with Gasteiger partial charge in [-0.15, -0.1) is 0 Å². The van der Waals surface area contributed by atoms with E-state index >= 15 is 0 Å². The summed E-state index contributed by atoms with van der Waals surface area (Å²) in [5.74, 6) is 1.18. The Morgan fingerprint density at radius 3 is 2.36 bits per heavy atom. The van der Waals surface area contributed by atoms with Gasteiger partial charge in [0.15, 0.2) is 11.5 Å². The third-order valence-corrected chi connectivity index (χ3v) is 3.53. The topological polar surface area (TPSA) is 68.6 Å². The van der Waals surface area contributed by atoms with E-state index in [1.807, 2.05) is 12.1 Å². The van der Waals surface area contributed by atoms with Gasteiger partial charge in [-0.3, -0.25) is 4.79 Å². The van der Waals surface area contributed by atoms with Gasteiger partial charge in [-0.2, -0.15) is 5.26 Å². The molecule has 0 amide bonds. The minimum absolute atomic E-state index is 0.279.